The highest BCUT2D eigenvalue weighted by atomic mass is 35.5. The molecule has 1 aliphatic heterocycles. The molecular formula is C13H22ClN3O. The maximum atomic E-state index is 5.90. The van der Waals surface area contributed by atoms with Crippen molar-refractivity contribution in [2.24, 2.45) is 7.05 Å². The van der Waals surface area contributed by atoms with Crippen LogP contribution in [0.15, 0.2) is 6.07 Å². The van der Waals surface area contributed by atoms with E-state index in [1.807, 2.05) is 11.7 Å². The Morgan fingerprint density at radius 3 is 2.89 bits per heavy atom. The SMILES string of the molecule is CCc1cc(CN2CC(C)OC(CCl)C2)n(C)n1. The van der Waals surface area contributed by atoms with Crippen molar-refractivity contribution in [3.8, 4) is 0 Å². The summed E-state index contributed by atoms with van der Waals surface area (Å²) in [6, 6.07) is 2.19. The van der Waals surface area contributed by atoms with Crippen molar-refractivity contribution in [2.75, 3.05) is 19.0 Å². The summed E-state index contributed by atoms with van der Waals surface area (Å²) < 4.78 is 7.74. The zero-order chi connectivity index (χ0) is 13.1. The largest absolute Gasteiger partial charge is 0.371 e. The maximum absolute atomic E-state index is 5.90. The van der Waals surface area contributed by atoms with Crippen LogP contribution in [-0.4, -0.2) is 45.9 Å². The molecule has 0 radical (unpaired) electrons. The molecule has 2 rings (SSSR count). The minimum Gasteiger partial charge on any atom is -0.371 e. The molecule has 0 bridgehead atoms. The molecule has 2 unspecified atom stereocenters. The summed E-state index contributed by atoms with van der Waals surface area (Å²) in [5.74, 6) is 0.562. The lowest BCUT2D eigenvalue weighted by atomic mass is 10.2. The van der Waals surface area contributed by atoms with Crippen molar-refractivity contribution >= 4 is 11.6 Å². The van der Waals surface area contributed by atoms with Gasteiger partial charge >= 0.3 is 0 Å². The molecule has 2 heterocycles. The van der Waals surface area contributed by atoms with Crippen molar-refractivity contribution in [3.63, 3.8) is 0 Å². The van der Waals surface area contributed by atoms with Gasteiger partial charge in [-0.25, -0.2) is 0 Å². The van der Waals surface area contributed by atoms with Crippen LogP contribution in [0.1, 0.15) is 25.2 Å². The molecule has 18 heavy (non-hydrogen) atoms. The molecule has 1 aromatic rings. The lowest BCUT2D eigenvalue weighted by molar-refractivity contribution is -0.0694. The molecule has 0 spiro atoms. The zero-order valence-corrected chi connectivity index (χ0v) is 12.2. The minimum absolute atomic E-state index is 0.147. The number of halogens is 1. The second-order valence-corrected chi connectivity index (χ2v) is 5.33. The number of rotatable bonds is 4. The lowest BCUT2D eigenvalue weighted by Crippen LogP contribution is -2.47. The quantitative estimate of drug-likeness (QED) is 0.783. The third-order valence-corrected chi connectivity index (χ3v) is 3.69. The van der Waals surface area contributed by atoms with Crippen LogP contribution in [0.5, 0.6) is 0 Å². The van der Waals surface area contributed by atoms with E-state index in [0.717, 1.165) is 31.7 Å². The summed E-state index contributed by atoms with van der Waals surface area (Å²) in [5.41, 5.74) is 2.41. The Labute approximate surface area is 114 Å². The van der Waals surface area contributed by atoms with Gasteiger partial charge in [-0.15, -0.1) is 11.6 Å². The minimum atomic E-state index is 0.147. The summed E-state index contributed by atoms with van der Waals surface area (Å²) in [6.45, 7) is 7.02. The van der Waals surface area contributed by atoms with E-state index in [2.05, 4.69) is 29.9 Å². The van der Waals surface area contributed by atoms with Crippen molar-refractivity contribution in [2.45, 2.75) is 39.0 Å². The van der Waals surface area contributed by atoms with E-state index in [-0.39, 0.29) is 12.2 Å². The molecule has 2 atom stereocenters. The number of alkyl halides is 1. The fourth-order valence-electron chi connectivity index (χ4n) is 2.48. The molecular weight excluding hydrogens is 250 g/mol. The molecule has 102 valence electrons. The van der Waals surface area contributed by atoms with Crippen LogP contribution in [0.2, 0.25) is 0 Å². The molecule has 0 aliphatic carbocycles. The van der Waals surface area contributed by atoms with Crippen LogP contribution in [-0.2, 0) is 24.8 Å². The van der Waals surface area contributed by atoms with Crippen LogP contribution in [0.3, 0.4) is 0 Å². The number of hydrogen-bond acceptors (Lipinski definition) is 3. The van der Waals surface area contributed by atoms with Crippen molar-refractivity contribution in [1.29, 1.82) is 0 Å². The Morgan fingerprint density at radius 2 is 2.28 bits per heavy atom. The van der Waals surface area contributed by atoms with E-state index in [1.54, 1.807) is 0 Å². The number of nitrogens with zero attached hydrogens (tertiary/aromatic N) is 3. The van der Waals surface area contributed by atoms with Crippen molar-refractivity contribution in [3.05, 3.63) is 17.5 Å². The normalized spacial score (nSPS) is 25.6. The van der Waals surface area contributed by atoms with Gasteiger partial charge in [-0.2, -0.15) is 5.10 Å². The van der Waals surface area contributed by atoms with E-state index in [1.165, 1.54) is 5.69 Å². The first-order valence-electron chi connectivity index (χ1n) is 6.58. The monoisotopic (exact) mass is 271 g/mol. The topological polar surface area (TPSA) is 30.3 Å². The molecule has 0 amide bonds. The van der Waals surface area contributed by atoms with Crippen LogP contribution in [0.4, 0.5) is 0 Å². The molecule has 1 saturated heterocycles. The van der Waals surface area contributed by atoms with E-state index in [9.17, 15) is 0 Å². The highest BCUT2D eigenvalue weighted by molar-refractivity contribution is 6.18. The molecule has 1 aliphatic rings. The van der Waals surface area contributed by atoms with Gasteiger partial charge in [0.25, 0.3) is 0 Å². The summed E-state index contributed by atoms with van der Waals surface area (Å²) >= 11 is 5.90. The van der Waals surface area contributed by atoms with Gasteiger partial charge < -0.3 is 4.74 Å². The van der Waals surface area contributed by atoms with Crippen LogP contribution < -0.4 is 0 Å². The molecule has 4 nitrogen and oxygen atoms in total. The van der Waals surface area contributed by atoms with E-state index >= 15 is 0 Å². The summed E-state index contributed by atoms with van der Waals surface area (Å²) in [7, 11) is 2.01. The third-order valence-electron chi connectivity index (χ3n) is 3.35. The summed E-state index contributed by atoms with van der Waals surface area (Å²) in [4.78, 5) is 2.40. The number of aromatic nitrogens is 2. The standard InChI is InChI=1S/C13H22ClN3O/c1-4-11-5-12(16(3)15-11)8-17-7-10(2)18-13(6-14)9-17/h5,10,13H,4,6-9H2,1-3H3. The molecule has 1 fully saturated rings. The Hall–Kier alpha value is -0.580. The first kappa shape index (κ1) is 13.8. The van der Waals surface area contributed by atoms with Crippen LogP contribution in [0.25, 0.3) is 0 Å². The third kappa shape index (κ3) is 3.25. The van der Waals surface area contributed by atoms with Gasteiger partial charge in [0.15, 0.2) is 0 Å². The van der Waals surface area contributed by atoms with Gasteiger partial charge in [0.1, 0.15) is 0 Å². The molecule has 5 heteroatoms. The highest BCUT2D eigenvalue weighted by Gasteiger charge is 2.25. The number of hydrogen-bond donors (Lipinski definition) is 0. The second kappa shape index (κ2) is 6.04. The fourth-order valence-corrected chi connectivity index (χ4v) is 2.65. The van der Waals surface area contributed by atoms with Gasteiger partial charge in [0.2, 0.25) is 0 Å². The van der Waals surface area contributed by atoms with Gasteiger partial charge in [-0.3, -0.25) is 9.58 Å². The van der Waals surface area contributed by atoms with Gasteiger partial charge in [0, 0.05) is 32.6 Å². The molecule has 1 aromatic heterocycles. The summed E-state index contributed by atoms with van der Waals surface area (Å²) in [5, 5.41) is 4.49. The Morgan fingerprint density at radius 1 is 1.50 bits per heavy atom. The average molecular weight is 272 g/mol. The van der Waals surface area contributed by atoms with E-state index in [4.69, 9.17) is 16.3 Å². The Kier molecular flexibility index (Phi) is 4.65. The van der Waals surface area contributed by atoms with E-state index < -0.39 is 0 Å². The van der Waals surface area contributed by atoms with Crippen molar-refractivity contribution < 1.29 is 4.74 Å². The fraction of sp³-hybridized carbons (Fsp3) is 0.769. The molecule has 0 saturated carbocycles. The van der Waals surface area contributed by atoms with Gasteiger partial charge in [0.05, 0.1) is 23.6 Å². The molecule has 0 aromatic carbocycles. The Balaban J connectivity index is 2.01. The van der Waals surface area contributed by atoms with E-state index in [0.29, 0.717) is 5.88 Å². The predicted molar refractivity (Wildman–Crippen MR) is 72.9 cm³/mol. The van der Waals surface area contributed by atoms with Gasteiger partial charge in [-0.05, 0) is 19.4 Å². The zero-order valence-electron chi connectivity index (χ0n) is 11.4. The predicted octanol–water partition coefficient (Wildman–Crippen LogP) is 1.81. The maximum Gasteiger partial charge on any atom is 0.0841 e. The highest BCUT2D eigenvalue weighted by Crippen LogP contribution is 2.15. The first-order chi connectivity index (χ1) is 8.62. The average Bonchev–Trinajstić information content (AvgIpc) is 2.69. The smallest absolute Gasteiger partial charge is 0.0841 e. The molecule has 0 N–H and O–H groups in total. The van der Waals surface area contributed by atoms with Crippen LogP contribution in [0, 0.1) is 0 Å². The number of aryl methyl sites for hydroxylation is 2. The first-order valence-corrected chi connectivity index (χ1v) is 7.11. The van der Waals surface area contributed by atoms with Gasteiger partial charge in [-0.1, -0.05) is 6.92 Å². The number of ether oxygens (including phenoxy) is 1. The van der Waals surface area contributed by atoms with Crippen molar-refractivity contribution in [1.82, 2.24) is 14.7 Å². The second-order valence-electron chi connectivity index (χ2n) is 5.02. The summed E-state index contributed by atoms with van der Waals surface area (Å²) in [6.07, 6.45) is 1.38. The lowest BCUT2D eigenvalue weighted by Gasteiger charge is -2.35. The Bertz CT molecular complexity index is 394. The number of morpholine rings is 1. The van der Waals surface area contributed by atoms with Crippen LogP contribution >= 0.6 is 11.6 Å².